The Hall–Kier alpha value is -3.28. The minimum atomic E-state index is -0.977. The predicted octanol–water partition coefficient (Wildman–Crippen LogP) is 4.90. The van der Waals surface area contributed by atoms with Crippen LogP contribution in [0.25, 0.3) is 17.0 Å². The fourth-order valence-electron chi connectivity index (χ4n) is 3.42. The number of carboxylic acid groups (broad SMARTS) is 1. The van der Waals surface area contributed by atoms with Gasteiger partial charge in [-0.3, -0.25) is 0 Å². The molecule has 0 atom stereocenters. The van der Waals surface area contributed by atoms with Crippen LogP contribution < -0.4 is 5.32 Å². The van der Waals surface area contributed by atoms with Gasteiger partial charge in [0.25, 0.3) is 0 Å². The van der Waals surface area contributed by atoms with Gasteiger partial charge in [-0.2, -0.15) is 0 Å². The van der Waals surface area contributed by atoms with E-state index in [2.05, 4.69) is 14.9 Å². The minimum Gasteiger partial charge on any atom is -0.501 e. The van der Waals surface area contributed by atoms with Gasteiger partial charge in [-0.15, -0.1) is 0 Å². The molecule has 2 N–H and O–H groups in total. The van der Waals surface area contributed by atoms with Crippen molar-refractivity contribution < 1.29 is 14.6 Å². The van der Waals surface area contributed by atoms with E-state index in [1.54, 1.807) is 18.5 Å². The van der Waals surface area contributed by atoms with Crippen LogP contribution in [0.1, 0.15) is 47.2 Å². The van der Waals surface area contributed by atoms with E-state index in [1.807, 2.05) is 44.4 Å². The molecule has 1 saturated carbocycles. The lowest BCUT2D eigenvalue weighted by molar-refractivity contribution is 0.0697. The Balaban J connectivity index is 1.72. The van der Waals surface area contributed by atoms with Crippen LogP contribution in [0.5, 0.6) is 0 Å². The molecule has 0 radical (unpaired) electrons. The van der Waals surface area contributed by atoms with E-state index in [0.29, 0.717) is 18.3 Å². The molecule has 0 amide bonds. The van der Waals surface area contributed by atoms with Crippen molar-refractivity contribution in [2.75, 3.05) is 11.9 Å². The summed E-state index contributed by atoms with van der Waals surface area (Å²) < 4.78 is 7.40. The minimum absolute atomic E-state index is 0.198. The van der Waals surface area contributed by atoms with Gasteiger partial charge in [-0.25, -0.2) is 9.78 Å². The topological polar surface area (TPSA) is 76.4 Å². The molecule has 0 aliphatic heterocycles. The van der Waals surface area contributed by atoms with Gasteiger partial charge in [-0.1, -0.05) is 0 Å². The number of pyridine rings is 1. The number of aromatic carboxylic acids is 1. The standard InChI is InChI=1S/C22H23N3O3/c1-3-28-9-7-16-11-18(10-15-6-8-25(2)20(15)16)24-21-19(22(26)27)12-17(13-23-21)14-4-5-14/h6-14H,3-5H2,1-2H3,(H,23,24)(H,26,27). The molecular formula is C22H23N3O3. The monoisotopic (exact) mass is 377 g/mol. The molecule has 0 bridgehead atoms. The highest BCUT2D eigenvalue weighted by Gasteiger charge is 2.26. The van der Waals surface area contributed by atoms with Crippen molar-refractivity contribution >= 4 is 34.5 Å². The van der Waals surface area contributed by atoms with Gasteiger partial charge in [0.05, 0.1) is 18.4 Å². The molecular weight excluding hydrogens is 354 g/mol. The quantitative estimate of drug-likeness (QED) is 0.573. The average molecular weight is 377 g/mol. The van der Waals surface area contributed by atoms with Crippen LogP contribution >= 0.6 is 0 Å². The molecule has 0 unspecified atom stereocenters. The third kappa shape index (κ3) is 3.58. The maximum atomic E-state index is 11.8. The Labute approximate surface area is 163 Å². The third-order valence-electron chi connectivity index (χ3n) is 4.96. The van der Waals surface area contributed by atoms with Gasteiger partial charge >= 0.3 is 5.97 Å². The Morgan fingerprint density at radius 2 is 2.21 bits per heavy atom. The van der Waals surface area contributed by atoms with E-state index in [4.69, 9.17) is 4.74 Å². The summed E-state index contributed by atoms with van der Waals surface area (Å²) in [4.78, 5) is 16.2. The zero-order valence-corrected chi connectivity index (χ0v) is 16.0. The number of carbonyl (C=O) groups is 1. The largest absolute Gasteiger partial charge is 0.501 e. The summed E-state index contributed by atoms with van der Waals surface area (Å²) in [6.45, 7) is 2.54. The van der Waals surface area contributed by atoms with Gasteiger partial charge < -0.3 is 19.7 Å². The Morgan fingerprint density at radius 3 is 2.93 bits per heavy atom. The van der Waals surface area contributed by atoms with E-state index in [1.165, 1.54) is 0 Å². The van der Waals surface area contributed by atoms with Gasteiger partial charge in [0.15, 0.2) is 0 Å². The fourth-order valence-corrected chi connectivity index (χ4v) is 3.42. The van der Waals surface area contributed by atoms with Crippen LogP contribution in [0.2, 0.25) is 0 Å². The van der Waals surface area contributed by atoms with Gasteiger partial charge in [0, 0.05) is 36.1 Å². The molecule has 6 heteroatoms. The van der Waals surface area contributed by atoms with E-state index in [9.17, 15) is 9.90 Å². The Morgan fingerprint density at radius 1 is 1.39 bits per heavy atom. The normalized spacial score (nSPS) is 13.9. The second-order valence-electron chi connectivity index (χ2n) is 7.06. The van der Waals surface area contributed by atoms with E-state index in [-0.39, 0.29) is 5.56 Å². The van der Waals surface area contributed by atoms with Crippen molar-refractivity contribution in [3.05, 3.63) is 59.6 Å². The summed E-state index contributed by atoms with van der Waals surface area (Å²) in [5.41, 5.74) is 4.04. The number of anilines is 2. The van der Waals surface area contributed by atoms with Gasteiger partial charge in [0.2, 0.25) is 0 Å². The smallest absolute Gasteiger partial charge is 0.339 e. The molecule has 28 heavy (non-hydrogen) atoms. The molecule has 144 valence electrons. The number of aryl methyl sites for hydroxylation is 1. The molecule has 6 nitrogen and oxygen atoms in total. The number of hydrogen-bond acceptors (Lipinski definition) is 4. The van der Waals surface area contributed by atoms with Crippen LogP contribution in [-0.4, -0.2) is 27.2 Å². The van der Waals surface area contributed by atoms with Crippen molar-refractivity contribution in [2.45, 2.75) is 25.7 Å². The first kappa shape index (κ1) is 18.1. The van der Waals surface area contributed by atoms with Crippen molar-refractivity contribution in [1.29, 1.82) is 0 Å². The first-order chi connectivity index (χ1) is 13.6. The van der Waals surface area contributed by atoms with Gasteiger partial charge in [-0.05, 0) is 61.6 Å². The van der Waals surface area contributed by atoms with Crippen LogP contribution in [0.15, 0.2) is 42.9 Å². The van der Waals surface area contributed by atoms with Gasteiger partial charge in [0.1, 0.15) is 11.4 Å². The van der Waals surface area contributed by atoms with E-state index >= 15 is 0 Å². The Kier molecular flexibility index (Phi) is 4.77. The summed E-state index contributed by atoms with van der Waals surface area (Å²) in [5, 5.41) is 13.9. The molecule has 1 aromatic carbocycles. The zero-order chi connectivity index (χ0) is 19.7. The highest BCUT2D eigenvalue weighted by atomic mass is 16.5. The van der Waals surface area contributed by atoms with Crippen molar-refractivity contribution in [2.24, 2.45) is 7.05 Å². The van der Waals surface area contributed by atoms with E-state index in [0.717, 1.165) is 40.6 Å². The number of benzene rings is 1. The maximum Gasteiger partial charge on any atom is 0.339 e. The number of carboxylic acids is 1. The van der Waals surface area contributed by atoms with Crippen molar-refractivity contribution in [3.8, 4) is 0 Å². The second kappa shape index (κ2) is 7.38. The number of nitrogens with one attached hydrogen (secondary N) is 1. The first-order valence-corrected chi connectivity index (χ1v) is 9.44. The number of ether oxygens (including phenoxy) is 1. The first-order valence-electron chi connectivity index (χ1n) is 9.44. The predicted molar refractivity (Wildman–Crippen MR) is 110 cm³/mol. The summed E-state index contributed by atoms with van der Waals surface area (Å²) in [6.07, 6.45) is 9.58. The van der Waals surface area contributed by atoms with Crippen LogP contribution in [0.4, 0.5) is 11.5 Å². The highest BCUT2D eigenvalue weighted by Crippen LogP contribution is 2.40. The molecule has 1 fully saturated rings. The summed E-state index contributed by atoms with van der Waals surface area (Å²) in [5.74, 6) is -0.169. The number of rotatable bonds is 7. The molecule has 0 saturated heterocycles. The average Bonchev–Trinajstić information content (AvgIpc) is 3.45. The number of aromatic nitrogens is 2. The van der Waals surface area contributed by atoms with Crippen molar-refractivity contribution in [3.63, 3.8) is 0 Å². The lowest BCUT2D eigenvalue weighted by Crippen LogP contribution is -2.06. The van der Waals surface area contributed by atoms with Crippen LogP contribution in [-0.2, 0) is 11.8 Å². The number of hydrogen-bond donors (Lipinski definition) is 2. The molecule has 0 spiro atoms. The number of nitrogens with zero attached hydrogens (tertiary/aromatic N) is 2. The van der Waals surface area contributed by atoms with Crippen LogP contribution in [0, 0.1) is 0 Å². The molecule has 2 heterocycles. The molecule has 1 aliphatic carbocycles. The lowest BCUT2D eigenvalue weighted by atomic mass is 10.1. The third-order valence-corrected chi connectivity index (χ3v) is 4.96. The summed E-state index contributed by atoms with van der Waals surface area (Å²) >= 11 is 0. The molecule has 2 aromatic heterocycles. The zero-order valence-electron chi connectivity index (χ0n) is 16.0. The molecule has 1 aliphatic rings. The SMILES string of the molecule is CCOC=Cc1cc(Nc2ncc(C3CC3)cc2C(=O)O)cc2ccn(C)c12. The van der Waals surface area contributed by atoms with Crippen molar-refractivity contribution in [1.82, 2.24) is 9.55 Å². The molecule has 4 rings (SSSR count). The number of fused-ring (bicyclic) bond motifs is 1. The van der Waals surface area contributed by atoms with E-state index < -0.39 is 5.97 Å². The maximum absolute atomic E-state index is 11.8. The highest BCUT2D eigenvalue weighted by molar-refractivity contribution is 5.96. The summed E-state index contributed by atoms with van der Waals surface area (Å²) in [7, 11) is 1.99. The summed E-state index contributed by atoms with van der Waals surface area (Å²) in [6, 6.07) is 7.74. The second-order valence-corrected chi connectivity index (χ2v) is 7.06. The fraction of sp³-hybridized carbons (Fsp3) is 0.273. The van der Waals surface area contributed by atoms with Crippen LogP contribution in [0.3, 0.4) is 0 Å². The Bertz CT molecular complexity index is 1060. The molecule has 3 aromatic rings. The lowest BCUT2D eigenvalue weighted by Gasteiger charge is -2.12.